The van der Waals surface area contributed by atoms with Crippen LogP contribution in [0.25, 0.3) is 0 Å². The maximum atomic E-state index is 0. The predicted molar refractivity (Wildman–Crippen MR) is 24.4 cm³/mol. The Morgan fingerprint density at radius 2 is 0.400 bits per heavy atom. The van der Waals surface area contributed by atoms with Crippen molar-refractivity contribution in [3.63, 3.8) is 0 Å². The van der Waals surface area contributed by atoms with E-state index in [4.69, 9.17) is 0 Å². The molecule has 8 N–H and O–H groups in total. The Labute approximate surface area is 42.5 Å². The molecule has 0 rings (SSSR count). The van der Waals surface area contributed by atoms with E-state index < -0.39 is 0 Å². The Hall–Kier alpha value is 0.476. The molecular formula is H11GaO4. The summed E-state index contributed by atoms with van der Waals surface area (Å²) in [6, 6.07) is 0. The van der Waals surface area contributed by atoms with E-state index >= 15 is 0 Å². The molecule has 0 aromatic rings. The molecule has 0 unspecified atom stereocenters. The maximum absolute atomic E-state index is 0. The fourth-order valence-electron chi connectivity index (χ4n) is 0. The minimum absolute atomic E-state index is 0. The van der Waals surface area contributed by atoms with Crippen LogP contribution in [0.3, 0.4) is 0 Å². The van der Waals surface area contributed by atoms with E-state index in [9.17, 15) is 0 Å². The van der Waals surface area contributed by atoms with E-state index in [2.05, 4.69) is 0 Å². The zero-order valence-electron chi connectivity index (χ0n) is 2.00. The standard InChI is InChI=1S/Ga.4H2O.3H/h;4*1H2;;;. The van der Waals surface area contributed by atoms with Crippen LogP contribution in [0, 0.1) is 0 Å². The molecule has 38 valence electrons. The monoisotopic (exact) mass is 144 g/mol. The second-order valence-corrected chi connectivity index (χ2v) is 0. The van der Waals surface area contributed by atoms with Crippen molar-refractivity contribution in [1.29, 1.82) is 0 Å². The first kappa shape index (κ1) is 484. The van der Waals surface area contributed by atoms with Gasteiger partial charge in [0.05, 0.1) is 0 Å². The van der Waals surface area contributed by atoms with Crippen molar-refractivity contribution in [3.8, 4) is 0 Å². The van der Waals surface area contributed by atoms with Crippen LogP contribution >= 0.6 is 0 Å². The van der Waals surface area contributed by atoms with Gasteiger partial charge in [0.1, 0.15) is 0 Å². The summed E-state index contributed by atoms with van der Waals surface area (Å²) in [5.74, 6) is 0. The molecule has 4 nitrogen and oxygen atoms in total. The molecule has 0 aliphatic carbocycles. The van der Waals surface area contributed by atoms with E-state index in [1.165, 1.54) is 0 Å². The Kier molecular flexibility index (Phi) is 23100. The van der Waals surface area contributed by atoms with Crippen molar-refractivity contribution >= 4 is 19.8 Å². The summed E-state index contributed by atoms with van der Waals surface area (Å²) in [5.41, 5.74) is 0. The molecule has 0 atom stereocenters. The van der Waals surface area contributed by atoms with Crippen LogP contribution in [0.2, 0.25) is 0 Å². The molecule has 0 aromatic carbocycles. The van der Waals surface area contributed by atoms with Gasteiger partial charge in [0.15, 0.2) is 0 Å². The number of hydrogen-bond acceptors (Lipinski definition) is 0. The van der Waals surface area contributed by atoms with E-state index in [0.29, 0.717) is 0 Å². The van der Waals surface area contributed by atoms with Gasteiger partial charge >= 0.3 is 19.8 Å². The van der Waals surface area contributed by atoms with Gasteiger partial charge in [0.2, 0.25) is 0 Å². The first-order chi connectivity index (χ1) is 0. The zero-order valence-corrected chi connectivity index (χ0v) is 2.00. The van der Waals surface area contributed by atoms with Gasteiger partial charge in [-0.25, -0.2) is 0 Å². The van der Waals surface area contributed by atoms with Gasteiger partial charge in [-0.1, -0.05) is 0 Å². The SMILES string of the molecule is O.O.O.O.[GaH3]. The normalized spacial score (nSPS) is 0. The zero-order chi connectivity index (χ0) is 0. The topological polar surface area (TPSA) is 126 Å². The molecule has 0 aromatic heterocycles. The third-order valence-corrected chi connectivity index (χ3v) is 0. The Morgan fingerprint density at radius 3 is 0.400 bits per heavy atom. The van der Waals surface area contributed by atoms with Gasteiger partial charge in [-0.3, -0.25) is 0 Å². The summed E-state index contributed by atoms with van der Waals surface area (Å²) >= 11 is 0. The molecule has 0 saturated heterocycles. The molecule has 5 heteroatoms. The molecule has 0 saturated carbocycles. The van der Waals surface area contributed by atoms with Gasteiger partial charge in [-0.15, -0.1) is 0 Å². The summed E-state index contributed by atoms with van der Waals surface area (Å²) in [7, 11) is 0. The van der Waals surface area contributed by atoms with E-state index in [1.807, 2.05) is 0 Å². The molecule has 0 fully saturated rings. The van der Waals surface area contributed by atoms with Gasteiger partial charge in [0, 0.05) is 0 Å². The van der Waals surface area contributed by atoms with Crippen molar-refractivity contribution in [2.24, 2.45) is 0 Å². The van der Waals surface area contributed by atoms with Crippen LogP contribution in [0.15, 0.2) is 0 Å². The fraction of sp³-hybridized carbons (Fsp3) is 0. The summed E-state index contributed by atoms with van der Waals surface area (Å²) in [6.45, 7) is 0. The fourth-order valence-corrected chi connectivity index (χ4v) is 0. The molecule has 0 spiro atoms. The van der Waals surface area contributed by atoms with Crippen molar-refractivity contribution in [1.82, 2.24) is 0 Å². The van der Waals surface area contributed by atoms with Gasteiger partial charge in [-0.2, -0.15) is 0 Å². The van der Waals surface area contributed by atoms with Gasteiger partial charge in [-0.05, 0) is 0 Å². The molecule has 0 amide bonds. The Bertz CT molecular complexity index is 3.61. The third kappa shape index (κ3) is 121. The van der Waals surface area contributed by atoms with Gasteiger partial charge in [0.25, 0.3) is 0 Å². The first-order valence-corrected chi connectivity index (χ1v) is 0. The average Bonchev–Trinajstić information content (AvgIpc) is 0. The van der Waals surface area contributed by atoms with Crippen molar-refractivity contribution < 1.29 is 21.9 Å². The van der Waals surface area contributed by atoms with E-state index in [0.717, 1.165) is 0 Å². The van der Waals surface area contributed by atoms with Crippen molar-refractivity contribution in [2.45, 2.75) is 0 Å². The second-order valence-electron chi connectivity index (χ2n) is 0. The van der Waals surface area contributed by atoms with E-state index in [-0.39, 0.29) is 41.7 Å². The van der Waals surface area contributed by atoms with Crippen LogP contribution in [0.5, 0.6) is 0 Å². The molecular weight excluding hydrogens is 134 g/mol. The summed E-state index contributed by atoms with van der Waals surface area (Å²) in [6.07, 6.45) is 0. The summed E-state index contributed by atoms with van der Waals surface area (Å²) in [4.78, 5) is 0. The summed E-state index contributed by atoms with van der Waals surface area (Å²) in [5, 5.41) is 0. The predicted octanol–water partition coefficient (Wildman–Crippen LogP) is -4.48. The first-order valence-electron chi connectivity index (χ1n) is 0. The van der Waals surface area contributed by atoms with Crippen LogP contribution in [0.1, 0.15) is 0 Å². The van der Waals surface area contributed by atoms with Gasteiger partial charge < -0.3 is 21.9 Å². The number of hydrogen-bond donors (Lipinski definition) is 0. The molecule has 0 radical (unpaired) electrons. The Morgan fingerprint density at radius 1 is 0.400 bits per heavy atom. The third-order valence-electron chi connectivity index (χ3n) is 0. The van der Waals surface area contributed by atoms with Crippen LogP contribution in [-0.4, -0.2) is 41.7 Å². The average molecular weight is 145 g/mol. The van der Waals surface area contributed by atoms with Crippen molar-refractivity contribution in [3.05, 3.63) is 0 Å². The second kappa shape index (κ2) is 238. The number of rotatable bonds is 0. The van der Waals surface area contributed by atoms with E-state index in [1.54, 1.807) is 0 Å². The van der Waals surface area contributed by atoms with Crippen molar-refractivity contribution in [2.75, 3.05) is 0 Å². The summed E-state index contributed by atoms with van der Waals surface area (Å²) < 4.78 is 0. The molecule has 0 aliphatic rings. The van der Waals surface area contributed by atoms with Crippen LogP contribution in [0.4, 0.5) is 0 Å². The van der Waals surface area contributed by atoms with Crippen LogP contribution < -0.4 is 0 Å². The van der Waals surface area contributed by atoms with Crippen LogP contribution in [-0.2, 0) is 0 Å². The Balaban J connectivity index is 0. The molecule has 0 heterocycles. The molecule has 0 bridgehead atoms. The molecule has 0 aliphatic heterocycles. The minimum atomic E-state index is 0. The quantitative estimate of drug-likeness (QED) is 0.304. The molecule has 5 heavy (non-hydrogen) atoms.